The van der Waals surface area contributed by atoms with Crippen LogP contribution in [0.5, 0.6) is 0 Å². The number of likely N-dealkylation sites (tertiary alicyclic amines) is 1. The summed E-state index contributed by atoms with van der Waals surface area (Å²) in [5.74, 6) is 1.03. The standard InChI is InChI=1S/C23H27ClN4O/c1-2-22-26-20-5-3-4-6-21(20)28(22)16-23(29)25-19-11-13-27(14-12-19)15-17-7-9-18(24)10-8-17/h3-10,19H,2,11-16H2,1H3,(H,25,29). The second kappa shape index (κ2) is 8.97. The SMILES string of the molecule is CCc1nc2ccccc2n1CC(=O)NC1CCN(Cc2ccc(Cl)cc2)CC1. The largest absolute Gasteiger partial charge is 0.352 e. The third-order valence-electron chi connectivity index (χ3n) is 5.62. The molecule has 1 N–H and O–H groups in total. The van der Waals surface area contributed by atoms with Crippen LogP contribution in [0.1, 0.15) is 31.2 Å². The molecule has 0 bridgehead atoms. The van der Waals surface area contributed by atoms with E-state index in [2.05, 4.69) is 34.3 Å². The van der Waals surface area contributed by atoms with Gasteiger partial charge in [-0.3, -0.25) is 9.69 Å². The van der Waals surface area contributed by atoms with Crippen molar-refractivity contribution in [2.45, 2.75) is 45.3 Å². The van der Waals surface area contributed by atoms with E-state index < -0.39 is 0 Å². The fourth-order valence-corrected chi connectivity index (χ4v) is 4.20. The predicted molar refractivity (Wildman–Crippen MR) is 117 cm³/mol. The van der Waals surface area contributed by atoms with Gasteiger partial charge in [0.25, 0.3) is 0 Å². The molecule has 1 fully saturated rings. The second-order valence-electron chi connectivity index (χ2n) is 7.70. The Kier molecular flexibility index (Phi) is 6.16. The summed E-state index contributed by atoms with van der Waals surface area (Å²) in [6.45, 7) is 5.31. The molecule has 3 aromatic rings. The first-order valence-electron chi connectivity index (χ1n) is 10.3. The number of hydrogen-bond donors (Lipinski definition) is 1. The lowest BCUT2D eigenvalue weighted by Gasteiger charge is -2.32. The number of aromatic nitrogens is 2. The summed E-state index contributed by atoms with van der Waals surface area (Å²) in [6, 6.07) is 16.3. The van der Waals surface area contributed by atoms with E-state index in [9.17, 15) is 4.79 Å². The van der Waals surface area contributed by atoms with E-state index in [1.165, 1.54) is 5.56 Å². The Hall–Kier alpha value is -2.37. The van der Waals surface area contributed by atoms with Gasteiger partial charge in [-0.2, -0.15) is 0 Å². The molecule has 0 radical (unpaired) electrons. The number of carbonyl (C=O) groups is 1. The maximum absolute atomic E-state index is 12.7. The molecule has 2 aromatic carbocycles. The van der Waals surface area contributed by atoms with E-state index in [0.717, 1.165) is 60.8 Å². The lowest BCUT2D eigenvalue weighted by atomic mass is 10.0. The van der Waals surface area contributed by atoms with Gasteiger partial charge in [-0.15, -0.1) is 0 Å². The zero-order valence-electron chi connectivity index (χ0n) is 16.8. The van der Waals surface area contributed by atoms with Crippen molar-refractivity contribution in [2.24, 2.45) is 0 Å². The maximum Gasteiger partial charge on any atom is 0.240 e. The lowest BCUT2D eigenvalue weighted by Crippen LogP contribution is -2.45. The molecule has 0 unspecified atom stereocenters. The zero-order chi connectivity index (χ0) is 20.2. The molecule has 152 valence electrons. The first kappa shape index (κ1) is 19.9. The Morgan fingerprint density at radius 3 is 2.59 bits per heavy atom. The normalized spacial score (nSPS) is 15.7. The number of fused-ring (bicyclic) bond motifs is 1. The van der Waals surface area contributed by atoms with Crippen molar-refractivity contribution in [1.82, 2.24) is 19.8 Å². The quantitative estimate of drug-likeness (QED) is 0.667. The maximum atomic E-state index is 12.7. The average molecular weight is 411 g/mol. The zero-order valence-corrected chi connectivity index (χ0v) is 17.5. The molecule has 1 aliphatic rings. The van der Waals surface area contributed by atoms with E-state index in [4.69, 9.17) is 11.6 Å². The highest BCUT2D eigenvalue weighted by atomic mass is 35.5. The van der Waals surface area contributed by atoms with Crippen LogP contribution < -0.4 is 5.32 Å². The Bertz CT molecular complexity index is 974. The van der Waals surface area contributed by atoms with E-state index in [1.54, 1.807) is 0 Å². The van der Waals surface area contributed by atoms with Crippen molar-refractivity contribution < 1.29 is 4.79 Å². The molecule has 6 heteroatoms. The van der Waals surface area contributed by atoms with E-state index in [1.807, 2.05) is 41.0 Å². The molecule has 0 saturated carbocycles. The number of benzene rings is 2. The third-order valence-corrected chi connectivity index (χ3v) is 5.88. The predicted octanol–water partition coefficient (Wildman–Crippen LogP) is 4.03. The minimum Gasteiger partial charge on any atom is -0.352 e. The number of para-hydroxylation sites is 2. The fraction of sp³-hybridized carbons (Fsp3) is 0.391. The van der Waals surface area contributed by atoms with Gasteiger partial charge in [-0.05, 0) is 42.7 Å². The number of amides is 1. The monoisotopic (exact) mass is 410 g/mol. The molecule has 1 amide bonds. The summed E-state index contributed by atoms with van der Waals surface area (Å²) in [4.78, 5) is 19.8. The molecule has 4 rings (SSSR count). The highest BCUT2D eigenvalue weighted by molar-refractivity contribution is 6.30. The van der Waals surface area contributed by atoms with Crippen LogP contribution in [0.2, 0.25) is 5.02 Å². The van der Waals surface area contributed by atoms with Gasteiger partial charge in [0.2, 0.25) is 5.91 Å². The Labute approximate surface area is 176 Å². The van der Waals surface area contributed by atoms with Crippen LogP contribution in [0.15, 0.2) is 48.5 Å². The minimum atomic E-state index is 0.0685. The van der Waals surface area contributed by atoms with Crippen molar-refractivity contribution >= 4 is 28.5 Å². The molecule has 5 nitrogen and oxygen atoms in total. The van der Waals surface area contributed by atoms with Crippen molar-refractivity contribution in [2.75, 3.05) is 13.1 Å². The van der Waals surface area contributed by atoms with Crippen LogP contribution in [0.4, 0.5) is 0 Å². The van der Waals surface area contributed by atoms with Gasteiger partial charge in [-0.25, -0.2) is 4.98 Å². The van der Waals surface area contributed by atoms with Gasteiger partial charge in [0.1, 0.15) is 12.4 Å². The van der Waals surface area contributed by atoms with Gasteiger partial charge in [0, 0.05) is 37.1 Å². The number of halogens is 1. The number of aryl methyl sites for hydroxylation is 1. The van der Waals surface area contributed by atoms with Gasteiger partial charge >= 0.3 is 0 Å². The summed E-state index contributed by atoms with van der Waals surface area (Å²) in [5.41, 5.74) is 3.25. The van der Waals surface area contributed by atoms with Crippen LogP contribution in [-0.2, 0) is 24.3 Å². The first-order valence-corrected chi connectivity index (χ1v) is 10.7. The minimum absolute atomic E-state index is 0.0685. The third kappa shape index (κ3) is 4.80. The van der Waals surface area contributed by atoms with Gasteiger partial charge in [-0.1, -0.05) is 42.8 Å². The smallest absolute Gasteiger partial charge is 0.240 e. The van der Waals surface area contributed by atoms with Crippen molar-refractivity contribution in [1.29, 1.82) is 0 Å². The molecular weight excluding hydrogens is 384 g/mol. The molecular formula is C23H27ClN4O. The number of imidazole rings is 1. The number of nitrogens with zero attached hydrogens (tertiary/aromatic N) is 3. The number of piperidine rings is 1. The Morgan fingerprint density at radius 1 is 1.14 bits per heavy atom. The molecule has 0 spiro atoms. The summed E-state index contributed by atoms with van der Waals surface area (Å²) >= 11 is 5.96. The highest BCUT2D eigenvalue weighted by Gasteiger charge is 2.21. The number of rotatable bonds is 6. The highest BCUT2D eigenvalue weighted by Crippen LogP contribution is 2.18. The molecule has 2 heterocycles. The summed E-state index contributed by atoms with van der Waals surface area (Å²) in [7, 11) is 0. The number of hydrogen-bond acceptors (Lipinski definition) is 3. The first-order chi connectivity index (χ1) is 14.1. The Morgan fingerprint density at radius 2 is 1.86 bits per heavy atom. The van der Waals surface area contributed by atoms with Gasteiger partial charge in [0.15, 0.2) is 0 Å². The lowest BCUT2D eigenvalue weighted by molar-refractivity contribution is -0.122. The van der Waals surface area contributed by atoms with E-state index in [0.29, 0.717) is 6.54 Å². The number of carbonyl (C=O) groups excluding carboxylic acids is 1. The van der Waals surface area contributed by atoms with Crippen molar-refractivity contribution in [3.8, 4) is 0 Å². The molecule has 1 aliphatic heterocycles. The number of nitrogens with one attached hydrogen (secondary N) is 1. The Balaban J connectivity index is 1.31. The van der Waals surface area contributed by atoms with Crippen LogP contribution in [-0.4, -0.2) is 39.5 Å². The van der Waals surface area contributed by atoms with Crippen molar-refractivity contribution in [3.05, 3.63) is 64.9 Å². The van der Waals surface area contributed by atoms with Gasteiger partial charge < -0.3 is 9.88 Å². The van der Waals surface area contributed by atoms with Gasteiger partial charge in [0.05, 0.1) is 11.0 Å². The van der Waals surface area contributed by atoms with E-state index >= 15 is 0 Å². The molecule has 1 aromatic heterocycles. The summed E-state index contributed by atoms with van der Waals surface area (Å²) < 4.78 is 2.04. The molecule has 0 aliphatic carbocycles. The van der Waals surface area contributed by atoms with Crippen LogP contribution in [0.25, 0.3) is 11.0 Å². The summed E-state index contributed by atoms with van der Waals surface area (Å²) in [5, 5.41) is 4.00. The van der Waals surface area contributed by atoms with E-state index in [-0.39, 0.29) is 11.9 Å². The second-order valence-corrected chi connectivity index (χ2v) is 8.14. The summed E-state index contributed by atoms with van der Waals surface area (Å²) in [6.07, 6.45) is 2.76. The molecule has 0 atom stereocenters. The van der Waals surface area contributed by atoms with Crippen LogP contribution >= 0.6 is 11.6 Å². The topological polar surface area (TPSA) is 50.2 Å². The van der Waals surface area contributed by atoms with Crippen LogP contribution in [0, 0.1) is 0 Å². The average Bonchev–Trinajstić information content (AvgIpc) is 3.09. The van der Waals surface area contributed by atoms with Crippen molar-refractivity contribution in [3.63, 3.8) is 0 Å². The molecule has 1 saturated heterocycles. The fourth-order valence-electron chi connectivity index (χ4n) is 4.07. The molecule has 29 heavy (non-hydrogen) atoms. The van der Waals surface area contributed by atoms with Crippen LogP contribution in [0.3, 0.4) is 0 Å².